The minimum atomic E-state index is -0.884. The molecule has 0 unspecified atom stereocenters. The van der Waals surface area contributed by atoms with Crippen LogP contribution in [0.5, 0.6) is 5.75 Å². The Morgan fingerprint density at radius 1 is 1.29 bits per heavy atom. The Morgan fingerprint density at radius 3 is 2.35 bits per heavy atom. The first-order chi connectivity index (χ1) is 7.97. The molecule has 0 spiro atoms. The SMILES string of the molecule is CC(=O)Cc1ccc(O[C@H](C)CC(=O)O)cc1. The van der Waals surface area contributed by atoms with Crippen molar-refractivity contribution >= 4 is 11.8 Å². The van der Waals surface area contributed by atoms with Crippen molar-refractivity contribution in [3.8, 4) is 5.75 Å². The third kappa shape index (κ3) is 5.15. The molecule has 0 saturated heterocycles. The molecular weight excluding hydrogens is 220 g/mol. The molecule has 1 N–H and O–H groups in total. The highest BCUT2D eigenvalue weighted by Crippen LogP contribution is 2.15. The molecule has 92 valence electrons. The van der Waals surface area contributed by atoms with E-state index in [4.69, 9.17) is 9.84 Å². The Kier molecular flexibility index (Phi) is 4.69. The zero-order valence-corrected chi connectivity index (χ0v) is 9.97. The van der Waals surface area contributed by atoms with Gasteiger partial charge >= 0.3 is 5.97 Å². The summed E-state index contributed by atoms with van der Waals surface area (Å²) in [4.78, 5) is 21.4. The second-order valence-corrected chi connectivity index (χ2v) is 4.05. The van der Waals surface area contributed by atoms with E-state index in [0.717, 1.165) is 5.56 Å². The largest absolute Gasteiger partial charge is 0.490 e. The lowest BCUT2D eigenvalue weighted by Crippen LogP contribution is -2.16. The van der Waals surface area contributed by atoms with E-state index in [0.29, 0.717) is 12.2 Å². The average molecular weight is 236 g/mol. The van der Waals surface area contributed by atoms with E-state index < -0.39 is 5.97 Å². The molecule has 0 radical (unpaired) electrons. The van der Waals surface area contributed by atoms with Crippen LogP contribution in [0.1, 0.15) is 25.8 Å². The molecule has 4 nitrogen and oxygen atoms in total. The lowest BCUT2D eigenvalue weighted by molar-refractivity contribution is -0.138. The number of carboxylic acids is 1. The van der Waals surface area contributed by atoms with Crippen LogP contribution in [-0.4, -0.2) is 23.0 Å². The molecule has 0 bridgehead atoms. The summed E-state index contributed by atoms with van der Waals surface area (Å²) in [5.41, 5.74) is 0.927. The number of hydrogen-bond acceptors (Lipinski definition) is 3. The van der Waals surface area contributed by atoms with Crippen molar-refractivity contribution in [3.63, 3.8) is 0 Å². The van der Waals surface area contributed by atoms with Gasteiger partial charge in [-0.1, -0.05) is 12.1 Å². The lowest BCUT2D eigenvalue weighted by atomic mass is 10.1. The fourth-order valence-electron chi connectivity index (χ4n) is 1.49. The van der Waals surface area contributed by atoms with E-state index in [1.807, 2.05) is 12.1 Å². The Morgan fingerprint density at radius 2 is 1.88 bits per heavy atom. The second-order valence-electron chi connectivity index (χ2n) is 4.05. The Labute approximate surface area is 100 Å². The summed E-state index contributed by atoms with van der Waals surface area (Å²) in [6, 6.07) is 7.11. The van der Waals surface area contributed by atoms with Crippen molar-refractivity contribution in [1.82, 2.24) is 0 Å². The van der Waals surface area contributed by atoms with Crippen LogP contribution in [0.15, 0.2) is 24.3 Å². The molecule has 0 saturated carbocycles. The number of carbonyl (C=O) groups excluding carboxylic acids is 1. The minimum absolute atomic E-state index is 0.0325. The van der Waals surface area contributed by atoms with Crippen molar-refractivity contribution < 1.29 is 19.4 Å². The number of carboxylic acid groups (broad SMARTS) is 1. The fraction of sp³-hybridized carbons (Fsp3) is 0.385. The topological polar surface area (TPSA) is 63.6 Å². The van der Waals surface area contributed by atoms with Gasteiger partial charge in [-0.3, -0.25) is 9.59 Å². The van der Waals surface area contributed by atoms with Crippen molar-refractivity contribution in [2.75, 3.05) is 0 Å². The number of ketones is 1. The molecule has 0 heterocycles. The van der Waals surface area contributed by atoms with Crippen molar-refractivity contribution in [3.05, 3.63) is 29.8 Å². The minimum Gasteiger partial charge on any atom is -0.490 e. The number of Topliss-reactive ketones (excluding diaryl/α,β-unsaturated/α-hetero) is 1. The summed E-state index contributed by atoms with van der Waals surface area (Å²) in [6.07, 6.45) is 0.00586. The quantitative estimate of drug-likeness (QED) is 0.821. The van der Waals surface area contributed by atoms with Crippen molar-refractivity contribution in [1.29, 1.82) is 0 Å². The van der Waals surface area contributed by atoms with Gasteiger partial charge in [0.2, 0.25) is 0 Å². The van der Waals surface area contributed by atoms with Crippen LogP contribution in [0.2, 0.25) is 0 Å². The van der Waals surface area contributed by atoms with E-state index in [9.17, 15) is 9.59 Å². The monoisotopic (exact) mass is 236 g/mol. The van der Waals surface area contributed by atoms with Crippen LogP contribution in [0.25, 0.3) is 0 Å². The number of hydrogen-bond donors (Lipinski definition) is 1. The summed E-state index contributed by atoms with van der Waals surface area (Å²) in [5, 5.41) is 8.59. The highest BCUT2D eigenvalue weighted by molar-refractivity contribution is 5.78. The molecule has 0 aliphatic heterocycles. The number of carbonyl (C=O) groups is 2. The first-order valence-electron chi connectivity index (χ1n) is 5.44. The van der Waals surface area contributed by atoms with Gasteiger partial charge in [-0.15, -0.1) is 0 Å². The number of aliphatic carboxylic acids is 1. The number of benzene rings is 1. The zero-order chi connectivity index (χ0) is 12.8. The zero-order valence-electron chi connectivity index (χ0n) is 9.97. The smallest absolute Gasteiger partial charge is 0.307 e. The normalized spacial score (nSPS) is 11.9. The first-order valence-corrected chi connectivity index (χ1v) is 5.44. The Hall–Kier alpha value is -1.84. The third-order valence-corrected chi connectivity index (χ3v) is 2.18. The summed E-state index contributed by atoms with van der Waals surface area (Å²) in [6.45, 7) is 3.25. The van der Waals surface area contributed by atoms with Crippen LogP contribution < -0.4 is 4.74 Å². The molecule has 0 fully saturated rings. The summed E-state index contributed by atoms with van der Waals surface area (Å²) < 4.78 is 5.42. The predicted octanol–water partition coefficient (Wildman–Crippen LogP) is 2.06. The third-order valence-electron chi connectivity index (χ3n) is 2.18. The van der Waals surface area contributed by atoms with Gasteiger partial charge in [0.05, 0.1) is 6.42 Å². The van der Waals surface area contributed by atoms with Gasteiger partial charge in [-0.2, -0.15) is 0 Å². The van der Waals surface area contributed by atoms with Gasteiger partial charge in [0, 0.05) is 6.42 Å². The summed E-state index contributed by atoms with van der Waals surface area (Å²) in [7, 11) is 0. The van der Waals surface area contributed by atoms with E-state index >= 15 is 0 Å². The molecule has 0 aromatic heterocycles. The number of ether oxygens (including phenoxy) is 1. The van der Waals surface area contributed by atoms with Gasteiger partial charge in [-0.05, 0) is 31.5 Å². The molecule has 1 aromatic carbocycles. The van der Waals surface area contributed by atoms with Gasteiger partial charge in [0.15, 0.2) is 0 Å². The van der Waals surface area contributed by atoms with Gasteiger partial charge in [-0.25, -0.2) is 0 Å². The molecular formula is C13H16O4. The lowest BCUT2D eigenvalue weighted by Gasteiger charge is -2.12. The maximum atomic E-state index is 10.9. The predicted molar refractivity (Wildman–Crippen MR) is 63.2 cm³/mol. The van der Waals surface area contributed by atoms with Gasteiger partial charge in [0.25, 0.3) is 0 Å². The average Bonchev–Trinajstić information content (AvgIpc) is 2.18. The summed E-state index contributed by atoms with van der Waals surface area (Å²) >= 11 is 0. The van der Waals surface area contributed by atoms with Crippen LogP contribution in [0.3, 0.4) is 0 Å². The fourth-order valence-corrected chi connectivity index (χ4v) is 1.49. The Balaban J connectivity index is 2.56. The molecule has 0 amide bonds. The molecule has 1 aromatic rings. The molecule has 0 aliphatic carbocycles. The molecule has 1 atom stereocenters. The summed E-state index contributed by atoms with van der Waals surface area (Å²) in [5.74, 6) is -0.158. The van der Waals surface area contributed by atoms with Gasteiger partial charge < -0.3 is 9.84 Å². The second kappa shape index (κ2) is 6.03. The van der Waals surface area contributed by atoms with Crippen LogP contribution >= 0.6 is 0 Å². The standard InChI is InChI=1S/C13H16O4/c1-9(14)7-11-3-5-12(6-4-11)17-10(2)8-13(15)16/h3-6,10H,7-8H2,1-2H3,(H,15,16)/t10-/m1/s1. The maximum absolute atomic E-state index is 10.9. The number of rotatable bonds is 6. The maximum Gasteiger partial charge on any atom is 0.307 e. The van der Waals surface area contributed by atoms with E-state index in [-0.39, 0.29) is 18.3 Å². The van der Waals surface area contributed by atoms with E-state index in [1.165, 1.54) is 0 Å². The van der Waals surface area contributed by atoms with E-state index in [2.05, 4.69) is 0 Å². The first kappa shape index (κ1) is 13.2. The van der Waals surface area contributed by atoms with E-state index in [1.54, 1.807) is 26.0 Å². The van der Waals surface area contributed by atoms with Crippen molar-refractivity contribution in [2.24, 2.45) is 0 Å². The Bertz CT molecular complexity index is 394. The molecule has 17 heavy (non-hydrogen) atoms. The molecule has 0 aliphatic rings. The highest BCUT2D eigenvalue weighted by atomic mass is 16.5. The van der Waals surface area contributed by atoms with Crippen LogP contribution in [0.4, 0.5) is 0 Å². The molecule has 1 rings (SSSR count). The van der Waals surface area contributed by atoms with Crippen molar-refractivity contribution in [2.45, 2.75) is 32.8 Å². The van der Waals surface area contributed by atoms with Gasteiger partial charge in [0.1, 0.15) is 17.6 Å². The van der Waals surface area contributed by atoms with Crippen LogP contribution in [-0.2, 0) is 16.0 Å². The molecule has 4 heteroatoms. The highest BCUT2D eigenvalue weighted by Gasteiger charge is 2.09. The van der Waals surface area contributed by atoms with Crippen LogP contribution in [0, 0.1) is 0 Å².